The van der Waals surface area contributed by atoms with Crippen molar-refractivity contribution >= 4 is 17.7 Å². The van der Waals surface area contributed by atoms with Crippen LogP contribution in [0.2, 0.25) is 0 Å². The summed E-state index contributed by atoms with van der Waals surface area (Å²) in [7, 11) is 1.42. The van der Waals surface area contributed by atoms with Gasteiger partial charge in [0, 0.05) is 29.1 Å². The van der Waals surface area contributed by atoms with Gasteiger partial charge in [-0.3, -0.25) is 9.78 Å². The Morgan fingerprint density at radius 2 is 2.11 bits per heavy atom. The number of aromatic nitrogens is 1. The lowest BCUT2D eigenvalue weighted by Crippen LogP contribution is -2.41. The topological polar surface area (TPSA) is 51.2 Å². The molecular weight excluding hydrogens is 248 g/mol. The Labute approximate surface area is 113 Å². The predicted molar refractivity (Wildman–Crippen MR) is 73.7 cm³/mol. The zero-order chi connectivity index (χ0) is 13.4. The number of nitrogens with one attached hydrogen (secondary N) is 1. The van der Waals surface area contributed by atoms with E-state index in [-0.39, 0.29) is 18.1 Å². The van der Waals surface area contributed by atoms with Crippen molar-refractivity contribution in [3.63, 3.8) is 0 Å². The maximum absolute atomic E-state index is 11.6. The third kappa shape index (κ3) is 5.51. The Bertz CT molecular complexity index is 357. The fourth-order valence-corrected chi connectivity index (χ4v) is 2.45. The first-order valence-corrected chi connectivity index (χ1v) is 6.98. The summed E-state index contributed by atoms with van der Waals surface area (Å²) in [5, 5.41) is 3.22. The highest BCUT2D eigenvalue weighted by Crippen LogP contribution is 2.18. The molecule has 4 nitrogen and oxygen atoms in total. The van der Waals surface area contributed by atoms with Crippen molar-refractivity contribution in [2.75, 3.05) is 12.9 Å². The Hall–Kier alpha value is -1.07. The van der Waals surface area contributed by atoms with Crippen LogP contribution >= 0.6 is 11.8 Å². The number of thioether (sulfide) groups is 1. The normalized spacial score (nSPS) is 12.4. The Balaban J connectivity index is 2.40. The van der Waals surface area contributed by atoms with Crippen LogP contribution in [-0.2, 0) is 9.53 Å². The van der Waals surface area contributed by atoms with Gasteiger partial charge in [0.2, 0.25) is 0 Å². The van der Waals surface area contributed by atoms with Crippen LogP contribution < -0.4 is 5.32 Å². The lowest BCUT2D eigenvalue weighted by molar-refractivity contribution is -0.143. The largest absolute Gasteiger partial charge is 0.468 e. The van der Waals surface area contributed by atoms with Gasteiger partial charge in [0.1, 0.15) is 6.04 Å². The SMILES string of the molecule is COC(=O)C(CCSc1ccncc1)NC(C)C. The maximum Gasteiger partial charge on any atom is 0.322 e. The standard InChI is InChI=1S/C13H20N2O2S/c1-10(2)15-12(13(16)17-3)6-9-18-11-4-7-14-8-5-11/h4-5,7-8,10,12,15H,6,9H2,1-3H3. The van der Waals surface area contributed by atoms with E-state index in [9.17, 15) is 4.79 Å². The van der Waals surface area contributed by atoms with Crippen molar-refractivity contribution in [3.8, 4) is 0 Å². The highest BCUT2D eigenvalue weighted by Gasteiger charge is 2.19. The van der Waals surface area contributed by atoms with Crippen molar-refractivity contribution in [1.29, 1.82) is 0 Å². The number of carbonyl (C=O) groups excluding carboxylic acids is 1. The highest BCUT2D eigenvalue weighted by molar-refractivity contribution is 7.99. The Kier molecular flexibility index (Phi) is 6.75. The van der Waals surface area contributed by atoms with Crippen molar-refractivity contribution in [2.45, 2.75) is 37.2 Å². The van der Waals surface area contributed by atoms with Crippen molar-refractivity contribution < 1.29 is 9.53 Å². The molecule has 1 atom stereocenters. The fraction of sp³-hybridized carbons (Fsp3) is 0.538. The zero-order valence-electron chi connectivity index (χ0n) is 11.1. The lowest BCUT2D eigenvalue weighted by atomic mass is 10.2. The number of rotatable bonds is 7. The summed E-state index contributed by atoms with van der Waals surface area (Å²) in [5.41, 5.74) is 0. The number of methoxy groups -OCH3 is 1. The summed E-state index contributed by atoms with van der Waals surface area (Å²) in [6.45, 7) is 4.04. The average Bonchev–Trinajstić information content (AvgIpc) is 2.37. The van der Waals surface area contributed by atoms with E-state index in [1.54, 1.807) is 24.2 Å². The van der Waals surface area contributed by atoms with E-state index in [0.717, 1.165) is 17.1 Å². The number of esters is 1. The van der Waals surface area contributed by atoms with Crippen molar-refractivity contribution in [2.24, 2.45) is 0 Å². The van der Waals surface area contributed by atoms with Crippen molar-refractivity contribution in [1.82, 2.24) is 10.3 Å². The van der Waals surface area contributed by atoms with Gasteiger partial charge >= 0.3 is 5.97 Å². The molecule has 0 bridgehead atoms. The van der Waals surface area contributed by atoms with Crippen LogP contribution in [0.1, 0.15) is 20.3 Å². The number of hydrogen-bond donors (Lipinski definition) is 1. The summed E-state index contributed by atoms with van der Waals surface area (Å²) in [6, 6.07) is 3.96. The van der Waals surface area contributed by atoms with Crippen molar-refractivity contribution in [3.05, 3.63) is 24.5 Å². The van der Waals surface area contributed by atoms with Crippen LogP contribution in [0.15, 0.2) is 29.4 Å². The summed E-state index contributed by atoms with van der Waals surface area (Å²) in [5.74, 6) is 0.669. The van der Waals surface area contributed by atoms with Gasteiger partial charge in [0.15, 0.2) is 0 Å². The minimum atomic E-state index is -0.232. The first kappa shape index (κ1) is 15.0. The molecule has 0 aliphatic heterocycles. The van der Waals surface area contributed by atoms with Crippen LogP contribution in [-0.4, -0.2) is 35.9 Å². The van der Waals surface area contributed by atoms with E-state index < -0.39 is 0 Å². The molecular formula is C13H20N2O2S. The van der Waals surface area contributed by atoms with Gasteiger partial charge < -0.3 is 10.1 Å². The molecule has 5 heteroatoms. The minimum absolute atomic E-state index is 0.195. The molecule has 0 aliphatic rings. The zero-order valence-corrected chi connectivity index (χ0v) is 11.9. The number of carbonyl (C=O) groups is 1. The summed E-state index contributed by atoms with van der Waals surface area (Å²) >= 11 is 1.72. The van der Waals surface area contributed by atoms with E-state index in [0.29, 0.717) is 0 Å². The highest BCUT2D eigenvalue weighted by atomic mass is 32.2. The molecule has 0 saturated carbocycles. The smallest absolute Gasteiger partial charge is 0.322 e. The van der Waals surface area contributed by atoms with Crippen LogP contribution in [0.25, 0.3) is 0 Å². The second-order valence-electron chi connectivity index (χ2n) is 4.22. The number of ether oxygens (including phenoxy) is 1. The van der Waals surface area contributed by atoms with Crippen LogP contribution in [0.3, 0.4) is 0 Å². The molecule has 0 fully saturated rings. The first-order chi connectivity index (χ1) is 8.63. The molecule has 1 unspecified atom stereocenters. The molecule has 1 N–H and O–H groups in total. The van der Waals surface area contributed by atoms with Gasteiger partial charge in [-0.15, -0.1) is 11.8 Å². The van der Waals surface area contributed by atoms with E-state index in [1.165, 1.54) is 7.11 Å². The minimum Gasteiger partial charge on any atom is -0.468 e. The Morgan fingerprint density at radius 3 is 2.67 bits per heavy atom. The van der Waals surface area contributed by atoms with E-state index in [2.05, 4.69) is 10.3 Å². The number of pyridine rings is 1. The van der Waals surface area contributed by atoms with Gasteiger partial charge in [-0.25, -0.2) is 0 Å². The second kappa shape index (κ2) is 8.11. The van der Waals surface area contributed by atoms with Gasteiger partial charge in [-0.05, 0) is 18.6 Å². The molecule has 0 amide bonds. The van der Waals surface area contributed by atoms with Gasteiger partial charge in [-0.1, -0.05) is 13.8 Å². The van der Waals surface area contributed by atoms with Gasteiger partial charge in [0.25, 0.3) is 0 Å². The molecule has 1 rings (SSSR count). The molecule has 100 valence electrons. The molecule has 0 aliphatic carbocycles. The van der Waals surface area contributed by atoms with Crippen LogP contribution in [0, 0.1) is 0 Å². The Morgan fingerprint density at radius 1 is 1.44 bits per heavy atom. The van der Waals surface area contributed by atoms with Gasteiger partial charge in [-0.2, -0.15) is 0 Å². The number of nitrogens with zero attached hydrogens (tertiary/aromatic N) is 1. The lowest BCUT2D eigenvalue weighted by Gasteiger charge is -2.18. The summed E-state index contributed by atoms with van der Waals surface area (Å²) in [4.78, 5) is 16.7. The van der Waals surface area contributed by atoms with Crippen LogP contribution in [0.5, 0.6) is 0 Å². The van der Waals surface area contributed by atoms with E-state index >= 15 is 0 Å². The molecule has 1 aromatic heterocycles. The quantitative estimate of drug-likeness (QED) is 0.606. The van der Waals surface area contributed by atoms with Gasteiger partial charge in [0.05, 0.1) is 7.11 Å². The molecule has 0 saturated heterocycles. The van der Waals surface area contributed by atoms with Crippen LogP contribution in [0.4, 0.5) is 0 Å². The monoisotopic (exact) mass is 268 g/mol. The summed E-state index contributed by atoms with van der Waals surface area (Å²) < 4.78 is 4.80. The molecule has 0 radical (unpaired) electrons. The predicted octanol–water partition coefficient (Wildman–Crippen LogP) is 2.10. The van der Waals surface area contributed by atoms with E-state index in [1.807, 2.05) is 26.0 Å². The van der Waals surface area contributed by atoms with E-state index in [4.69, 9.17) is 4.74 Å². The number of hydrogen-bond acceptors (Lipinski definition) is 5. The molecule has 0 aromatic carbocycles. The molecule has 1 heterocycles. The second-order valence-corrected chi connectivity index (χ2v) is 5.39. The molecule has 18 heavy (non-hydrogen) atoms. The fourth-order valence-electron chi connectivity index (χ4n) is 1.54. The molecule has 1 aromatic rings. The summed E-state index contributed by atoms with van der Waals surface area (Å²) in [6.07, 6.45) is 4.29. The molecule has 0 spiro atoms. The third-order valence-corrected chi connectivity index (χ3v) is 3.39. The first-order valence-electron chi connectivity index (χ1n) is 6.00. The maximum atomic E-state index is 11.6. The average molecular weight is 268 g/mol. The third-order valence-electron chi connectivity index (χ3n) is 2.35.